The quantitative estimate of drug-likeness (QED) is 0.626. The van der Waals surface area contributed by atoms with Gasteiger partial charge in [-0.3, -0.25) is 9.78 Å². The molecule has 0 spiro atoms. The number of rotatable bonds is 6. The van der Waals surface area contributed by atoms with Crippen molar-refractivity contribution in [1.82, 2.24) is 9.99 Å². The van der Waals surface area contributed by atoms with E-state index in [1.807, 2.05) is 0 Å². The number of Topliss-reactive ketones (excluding diaryl/α,β-unsaturated/α-hetero) is 1. The molecule has 0 saturated heterocycles. The zero-order valence-electron chi connectivity index (χ0n) is 9.73. The van der Waals surface area contributed by atoms with Crippen LogP contribution in [0.5, 0.6) is 0 Å². The first-order valence-corrected chi connectivity index (χ1v) is 5.02. The molecule has 0 bridgehead atoms. The average molecular weight is 254 g/mol. The molecule has 1 N–H and O–H groups in total. The smallest absolute Gasteiger partial charge is 0.290 e. The van der Waals surface area contributed by atoms with E-state index < -0.39 is 23.9 Å². The highest BCUT2D eigenvalue weighted by atomic mass is 19.3. The van der Waals surface area contributed by atoms with E-state index in [1.54, 1.807) is 6.92 Å². The molecule has 18 heavy (non-hydrogen) atoms. The van der Waals surface area contributed by atoms with Crippen molar-refractivity contribution in [2.75, 3.05) is 6.54 Å². The largest absolute Gasteiger partial charge is 0.348 e. The summed E-state index contributed by atoms with van der Waals surface area (Å²) in [7, 11) is 0. The summed E-state index contributed by atoms with van der Waals surface area (Å²) in [6, 6.07) is 2.55. The Kier molecular flexibility index (Phi) is 4.19. The van der Waals surface area contributed by atoms with Gasteiger partial charge >= 0.3 is 5.92 Å². The molecule has 0 aliphatic carbocycles. The van der Waals surface area contributed by atoms with E-state index in [0.29, 0.717) is 5.01 Å². The molecule has 0 saturated carbocycles. The summed E-state index contributed by atoms with van der Waals surface area (Å²) in [4.78, 5) is 15.0. The summed E-state index contributed by atoms with van der Waals surface area (Å²) < 4.78 is 27.5. The molecule has 5 nitrogen and oxygen atoms in total. The van der Waals surface area contributed by atoms with Crippen LogP contribution >= 0.6 is 0 Å². The normalized spacial score (nSPS) is 10.8. The van der Waals surface area contributed by atoms with E-state index in [-0.39, 0.29) is 0 Å². The van der Waals surface area contributed by atoms with Crippen LogP contribution in [0.3, 0.4) is 0 Å². The van der Waals surface area contributed by atoms with Crippen molar-refractivity contribution in [3.05, 3.63) is 42.4 Å². The van der Waals surface area contributed by atoms with Crippen molar-refractivity contribution >= 4 is 5.78 Å². The number of carbonyl (C=O) groups excluding carboxylic acids is 1. The average Bonchev–Trinajstić information content (AvgIpc) is 2.36. The lowest BCUT2D eigenvalue weighted by atomic mass is 10.1. The van der Waals surface area contributed by atoms with Crippen LogP contribution in [0.2, 0.25) is 0 Å². The van der Waals surface area contributed by atoms with Gasteiger partial charge in [0.2, 0.25) is 5.78 Å². The highest BCUT2D eigenvalue weighted by Crippen LogP contribution is 2.27. The van der Waals surface area contributed by atoms with Crippen molar-refractivity contribution in [2.45, 2.75) is 12.8 Å². The van der Waals surface area contributed by atoms with Gasteiger partial charge in [-0.05, 0) is 18.6 Å². The minimum Gasteiger partial charge on any atom is -0.290 e. The molecular weight excluding hydrogens is 242 g/mol. The topological polar surface area (TPSA) is 69.4 Å². The predicted molar refractivity (Wildman–Crippen MR) is 59.9 cm³/mol. The number of aromatic nitrogens is 1. The number of alkyl halides is 2. The zero-order valence-corrected chi connectivity index (χ0v) is 9.73. The molecule has 0 radical (unpaired) electrons. The fourth-order valence-corrected chi connectivity index (χ4v) is 1.18. The van der Waals surface area contributed by atoms with Crippen LogP contribution in [0, 0.1) is 12.5 Å². The summed E-state index contributed by atoms with van der Waals surface area (Å²) in [6.45, 7) is 4.23. The number of halogens is 2. The maximum atomic E-state index is 13.7. The van der Waals surface area contributed by atoms with Crippen LogP contribution in [0.25, 0.3) is 0 Å². The van der Waals surface area contributed by atoms with Crippen molar-refractivity contribution in [1.29, 1.82) is 5.53 Å². The van der Waals surface area contributed by atoms with Crippen LogP contribution in [-0.4, -0.2) is 22.3 Å². The van der Waals surface area contributed by atoms with E-state index in [4.69, 9.17) is 5.53 Å². The number of hydrogen-bond acceptors (Lipinski definition) is 4. The van der Waals surface area contributed by atoms with Gasteiger partial charge in [0.1, 0.15) is 12.2 Å². The molecule has 1 aromatic rings. The standard InChI is InChI=1S/C11H12F2N4O/c1-3-17(16-14)7-10(18)11(12,13)9-5-4-8(2)6-15-9/h3-6,14H,1,7H2,2H3. The van der Waals surface area contributed by atoms with Crippen molar-refractivity contribution in [3.8, 4) is 0 Å². The molecule has 0 aliphatic rings. The lowest BCUT2D eigenvalue weighted by molar-refractivity contribution is -0.145. The number of carbonyl (C=O) groups is 1. The Bertz CT molecular complexity index is 451. The number of nitrogens with zero attached hydrogens (tertiary/aromatic N) is 3. The molecule has 0 atom stereocenters. The van der Waals surface area contributed by atoms with Crippen molar-refractivity contribution in [2.24, 2.45) is 5.22 Å². The molecule has 0 aromatic carbocycles. The second kappa shape index (κ2) is 5.44. The molecule has 0 aliphatic heterocycles. The van der Waals surface area contributed by atoms with Gasteiger partial charge in [-0.25, -0.2) is 5.01 Å². The summed E-state index contributed by atoms with van der Waals surface area (Å²) >= 11 is 0. The number of pyridine rings is 1. The molecule has 0 fully saturated rings. The molecule has 1 aromatic heterocycles. The highest BCUT2D eigenvalue weighted by molar-refractivity contribution is 5.88. The lowest BCUT2D eigenvalue weighted by Gasteiger charge is -2.17. The fraction of sp³-hybridized carbons (Fsp3) is 0.273. The Morgan fingerprint density at radius 2 is 2.33 bits per heavy atom. The third kappa shape index (κ3) is 2.93. The van der Waals surface area contributed by atoms with Gasteiger partial charge < -0.3 is 0 Å². The van der Waals surface area contributed by atoms with Crippen LogP contribution in [0.4, 0.5) is 8.78 Å². The summed E-state index contributed by atoms with van der Waals surface area (Å²) in [5, 5.41) is 3.57. The highest BCUT2D eigenvalue weighted by Gasteiger charge is 2.42. The van der Waals surface area contributed by atoms with Gasteiger partial charge in [-0.1, -0.05) is 17.9 Å². The Hall–Kier alpha value is -2.18. The lowest BCUT2D eigenvalue weighted by Crippen LogP contribution is -2.34. The monoisotopic (exact) mass is 254 g/mol. The van der Waals surface area contributed by atoms with Gasteiger partial charge in [0.15, 0.2) is 0 Å². The van der Waals surface area contributed by atoms with Crippen LogP contribution in [-0.2, 0) is 10.7 Å². The van der Waals surface area contributed by atoms with Crippen LogP contribution < -0.4 is 0 Å². The maximum absolute atomic E-state index is 13.7. The number of aryl methyl sites for hydroxylation is 1. The van der Waals surface area contributed by atoms with E-state index in [9.17, 15) is 13.6 Å². The minimum absolute atomic E-state index is 0.618. The van der Waals surface area contributed by atoms with Gasteiger partial charge in [-0.15, -0.1) is 0 Å². The summed E-state index contributed by atoms with van der Waals surface area (Å²) in [5.74, 6) is -5.10. The molecular formula is C11H12F2N4O. The summed E-state index contributed by atoms with van der Waals surface area (Å²) in [6.07, 6.45) is 2.28. The predicted octanol–water partition coefficient (Wildman–Crippen LogP) is 2.44. The van der Waals surface area contributed by atoms with E-state index in [2.05, 4.69) is 16.8 Å². The molecule has 1 rings (SSSR count). The van der Waals surface area contributed by atoms with Crippen molar-refractivity contribution < 1.29 is 13.6 Å². The van der Waals surface area contributed by atoms with Crippen molar-refractivity contribution in [3.63, 3.8) is 0 Å². The first-order chi connectivity index (χ1) is 8.41. The SMILES string of the molecule is C=CN(CC(=O)C(F)(F)c1ccc(C)cn1)N=N. The maximum Gasteiger partial charge on any atom is 0.348 e. The molecule has 0 unspecified atom stereocenters. The number of nitrogens with one attached hydrogen (secondary N) is 1. The fourth-order valence-electron chi connectivity index (χ4n) is 1.18. The Morgan fingerprint density at radius 1 is 1.67 bits per heavy atom. The molecule has 96 valence electrons. The Balaban J connectivity index is 2.91. The first-order valence-electron chi connectivity index (χ1n) is 5.02. The Morgan fingerprint density at radius 3 is 2.78 bits per heavy atom. The van der Waals surface area contributed by atoms with E-state index in [0.717, 1.165) is 17.8 Å². The first kappa shape index (κ1) is 13.9. The molecule has 7 heteroatoms. The molecule has 0 amide bonds. The van der Waals surface area contributed by atoms with Gasteiger partial charge in [0.05, 0.1) is 0 Å². The van der Waals surface area contributed by atoms with Crippen LogP contribution in [0.15, 0.2) is 36.3 Å². The van der Waals surface area contributed by atoms with Gasteiger partial charge in [0, 0.05) is 12.4 Å². The number of hydrogen-bond donors (Lipinski definition) is 1. The summed E-state index contributed by atoms with van der Waals surface area (Å²) in [5.41, 5.74) is 6.76. The third-order valence-electron chi connectivity index (χ3n) is 2.23. The number of ketones is 1. The minimum atomic E-state index is -3.71. The van der Waals surface area contributed by atoms with E-state index in [1.165, 1.54) is 12.3 Å². The second-order valence-corrected chi connectivity index (χ2v) is 3.60. The Labute approximate surface area is 103 Å². The molecule has 1 heterocycles. The van der Waals surface area contributed by atoms with E-state index >= 15 is 0 Å². The van der Waals surface area contributed by atoms with Gasteiger partial charge in [-0.2, -0.15) is 14.3 Å². The zero-order chi connectivity index (χ0) is 13.8. The van der Waals surface area contributed by atoms with Gasteiger partial charge in [0.25, 0.3) is 0 Å². The second-order valence-electron chi connectivity index (χ2n) is 3.60. The third-order valence-corrected chi connectivity index (χ3v) is 2.23. The van der Waals surface area contributed by atoms with Crippen LogP contribution in [0.1, 0.15) is 11.3 Å².